The fraction of sp³-hybridized carbons (Fsp3) is 0.324. The Labute approximate surface area is 257 Å². The quantitative estimate of drug-likeness (QED) is 0.269. The van der Waals surface area contributed by atoms with E-state index in [0.29, 0.717) is 23.8 Å². The number of hydrogen-bond donors (Lipinski definition) is 1. The number of hydrogen-bond acceptors (Lipinski definition) is 7. The lowest BCUT2D eigenvalue weighted by Gasteiger charge is -2.43. The Bertz CT molecular complexity index is 1820. The number of amides is 2. The molecular weight excluding hydrogens is 581 g/mol. The summed E-state index contributed by atoms with van der Waals surface area (Å²) in [5.41, 5.74) is 3.94. The number of thioether (sulfide) groups is 1. The van der Waals surface area contributed by atoms with Crippen molar-refractivity contribution in [2.45, 2.75) is 36.1 Å². The van der Waals surface area contributed by atoms with Crippen LogP contribution >= 0.6 is 23.1 Å². The summed E-state index contributed by atoms with van der Waals surface area (Å²) in [4.78, 5) is 45.8. The summed E-state index contributed by atoms with van der Waals surface area (Å²) in [5, 5.41) is 1.02. The average Bonchev–Trinajstić information content (AvgIpc) is 3.75. The van der Waals surface area contributed by atoms with Crippen molar-refractivity contribution in [2.24, 2.45) is 29.6 Å². The highest BCUT2D eigenvalue weighted by atomic mass is 32.2. The second kappa shape index (κ2) is 10.1. The summed E-state index contributed by atoms with van der Waals surface area (Å²) in [6.45, 7) is 2.48. The van der Waals surface area contributed by atoms with Crippen molar-refractivity contribution in [3.8, 4) is 11.5 Å². The van der Waals surface area contributed by atoms with Gasteiger partial charge in [0.2, 0.25) is 11.8 Å². The third-order valence-electron chi connectivity index (χ3n) is 9.76. The van der Waals surface area contributed by atoms with E-state index in [1.807, 2.05) is 54.6 Å². The molecule has 2 aliphatic carbocycles. The average molecular weight is 611 g/mol. The minimum Gasteiger partial charge on any atom is -0.493 e. The number of H-pyrrole nitrogens is 1. The van der Waals surface area contributed by atoms with E-state index in [1.165, 1.54) is 21.8 Å². The van der Waals surface area contributed by atoms with Crippen LogP contribution in [0, 0.1) is 36.5 Å². The number of carbonyl (C=O) groups is 2. The minimum absolute atomic E-state index is 0.0521. The fourth-order valence-corrected chi connectivity index (χ4v) is 11.1. The first-order valence-corrected chi connectivity index (χ1v) is 16.3. The number of thiazole rings is 1. The van der Waals surface area contributed by atoms with Gasteiger partial charge in [-0.3, -0.25) is 19.3 Å². The lowest BCUT2D eigenvalue weighted by molar-refractivity contribution is -0.123. The lowest BCUT2D eigenvalue weighted by atomic mass is 9.68. The molecule has 1 saturated heterocycles. The molecule has 0 spiro atoms. The third kappa shape index (κ3) is 4.12. The molecule has 2 aliphatic heterocycles. The van der Waals surface area contributed by atoms with Crippen LogP contribution in [0.25, 0.3) is 0 Å². The van der Waals surface area contributed by atoms with Gasteiger partial charge in [0, 0.05) is 16.0 Å². The molecule has 2 amide bonds. The van der Waals surface area contributed by atoms with Gasteiger partial charge in [0.05, 0.1) is 29.7 Å². The number of aryl methyl sites for hydroxylation is 1. The summed E-state index contributed by atoms with van der Waals surface area (Å²) < 4.78 is 12.0. The van der Waals surface area contributed by atoms with E-state index in [1.54, 1.807) is 18.9 Å². The number of benzene rings is 3. The van der Waals surface area contributed by atoms with Gasteiger partial charge in [-0.15, -0.1) is 11.8 Å². The summed E-state index contributed by atoms with van der Waals surface area (Å²) in [5.74, 6) is 0.634. The number of nitrogens with one attached hydrogen (secondary N) is 1. The number of carbonyl (C=O) groups excluding carboxylic acids is 2. The van der Waals surface area contributed by atoms with Crippen molar-refractivity contribution in [3.63, 3.8) is 0 Å². The molecule has 2 bridgehead atoms. The van der Waals surface area contributed by atoms with Crippen LogP contribution in [0.5, 0.6) is 11.5 Å². The second-order valence-corrected chi connectivity index (χ2v) is 14.2. The molecule has 8 rings (SSSR count). The van der Waals surface area contributed by atoms with Crippen LogP contribution in [-0.4, -0.2) is 29.2 Å². The molecule has 4 aromatic rings. The highest BCUT2D eigenvalue weighted by Crippen LogP contribution is 2.68. The molecule has 1 aromatic heterocycles. The van der Waals surface area contributed by atoms with E-state index in [0.717, 1.165) is 27.5 Å². The van der Waals surface area contributed by atoms with E-state index in [9.17, 15) is 14.4 Å². The largest absolute Gasteiger partial charge is 0.493 e. The zero-order valence-electron chi connectivity index (χ0n) is 23.7. The Hall–Kier alpha value is -3.82. The molecule has 43 heavy (non-hydrogen) atoms. The number of nitrogens with zero attached hydrogens (tertiary/aromatic N) is 1. The number of aromatic nitrogens is 1. The number of para-hydroxylation sites is 1. The van der Waals surface area contributed by atoms with E-state index >= 15 is 0 Å². The normalized spacial score (nSPS) is 28.5. The van der Waals surface area contributed by atoms with Gasteiger partial charge in [-0.25, -0.2) is 0 Å². The first-order valence-electron chi connectivity index (χ1n) is 14.6. The number of ether oxygens (including phenoxy) is 2. The lowest BCUT2D eigenvalue weighted by Crippen LogP contribution is -2.42. The maximum absolute atomic E-state index is 13.9. The molecule has 218 valence electrons. The SMILES string of the molecule is COc1cc([C@H]2c3sc(=O)[nH]c3SC3C4CC(C5C(=O)N(c6ccccc6)C(=O)C45)C32)ccc1OCc1cccc(C)c1. The van der Waals surface area contributed by atoms with Crippen molar-refractivity contribution in [3.05, 3.63) is 104 Å². The van der Waals surface area contributed by atoms with Crippen LogP contribution in [0.3, 0.4) is 0 Å². The van der Waals surface area contributed by atoms with Gasteiger partial charge in [-0.05, 0) is 66.5 Å². The number of imide groups is 1. The maximum Gasteiger partial charge on any atom is 0.305 e. The molecule has 2 saturated carbocycles. The molecule has 7 nitrogen and oxygen atoms in total. The van der Waals surface area contributed by atoms with Crippen molar-refractivity contribution < 1.29 is 19.1 Å². The van der Waals surface area contributed by atoms with Crippen molar-refractivity contribution in [1.82, 2.24) is 4.98 Å². The second-order valence-electron chi connectivity index (χ2n) is 12.0. The van der Waals surface area contributed by atoms with Crippen LogP contribution in [0.1, 0.15) is 33.9 Å². The Morgan fingerprint density at radius 1 is 0.907 bits per heavy atom. The van der Waals surface area contributed by atoms with Gasteiger partial charge in [-0.1, -0.05) is 65.4 Å². The Morgan fingerprint density at radius 2 is 1.70 bits per heavy atom. The monoisotopic (exact) mass is 610 g/mol. The van der Waals surface area contributed by atoms with Gasteiger partial charge in [0.25, 0.3) is 0 Å². The molecule has 4 aliphatic rings. The molecule has 3 fully saturated rings. The van der Waals surface area contributed by atoms with Gasteiger partial charge in [0.1, 0.15) is 6.61 Å². The van der Waals surface area contributed by atoms with E-state index < -0.39 is 0 Å². The summed E-state index contributed by atoms with van der Waals surface area (Å²) >= 11 is 2.95. The number of anilines is 1. The topological polar surface area (TPSA) is 88.7 Å². The molecule has 1 N–H and O–H groups in total. The molecular formula is C34H30N2O5S2. The zero-order chi connectivity index (χ0) is 29.4. The Balaban J connectivity index is 1.15. The zero-order valence-corrected chi connectivity index (χ0v) is 25.3. The van der Waals surface area contributed by atoms with Crippen LogP contribution in [-0.2, 0) is 16.2 Å². The first-order chi connectivity index (χ1) is 20.9. The van der Waals surface area contributed by atoms with Crippen molar-refractivity contribution >= 4 is 40.6 Å². The number of rotatable bonds is 6. The van der Waals surface area contributed by atoms with Crippen molar-refractivity contribution in [2.75, 3.05) is 12.0 Å². The predicted molar refractivity (Wildman–Crippen MR) is 166 cm³/mol. The van der Waals surface area contributed by atoms with E-state index in [2.05, 4.69) is 30.1 Å². The van der Waals surface area contributed by atoms with Crippen LogP contribution in [0.4, 0.5) is 5.69 Å². The maximum atomic E-state index is 13.9. The van der Waals surface area contributed by atoms with E-state index in [-0.39, 0.29) is 57.4 Å². The van der Waals surface area contributed by atoms with Gasteiger partial charge in [-0.2, -0.15) is 0 Å². The molecule has 0 radical (unpaired) electrons. The molecule has 3 aromatic carbocycles. The fourth-order valence-electron chi connectivity index (χ4n) is 8.18. The minimum atomic E-state index is -0.335. The predicted octanol–water partition coefficient (Wildman–Crippen LogP) is 6.01. The number of aromatic amines is 1. The van der Waals surface area contributed by atoms with Crippen LogP contribution < -0.4 is 19.2 Å². The van der Waals surface area contributed by atoms with Gasteiger partial charge in [0.15, 0.2) is 11.5 Å². The summed E-state index contributed by atoms with van der Waals surface area (Å²) in [6, 6.07) is 23.6. The third-order valence-corrected chi connectivity index (χ3v) is 12.4. The van der Waals surface area contributed by atoms with Crippen LogP contribution in [0.15, 0.2) is 82.6 Å². The Morgan fingerprint density at radius 3 is 2.47 bits per heavy atom. The van der Waals surface area contributed by atoms with Crippen molar-refractivity contribution in [1.29, 1.82) is 0 Å². The molecule has 7 atom stereocenters. The number of methoxy groups -OCH3 is 1. The molecule has 9 heteroatoms. The molecule has 6 unspecified atom stereocenters. The summed E-state index contributed by atoms with van der Waals surface area (Å²) in [7, 11) is 1.64. The van der Waals surface area contributed by atoms with Gasteiger partial charge < -0.3 is 14.5 Å². The smallest absolute Gasteiger partial charge is 0.305 e. The number of fused-ring (bicyclic) bond motifs is 9. The first kappa shape index (κ1) is 26.8. The van der Waals surface area contributed by atoms with Gasteiger partial charge >= 0.3 is 4.87 Å². The highest BCUT2D eigenvalue weighted by Gasteiger charge is 2.69. The van der Waals surface area contributed by atoms with E-state index in [4.69, 9.17) is 9.47 Å². The molecule has 3 heterocycles. The standard InChI is InChI=1S/C34H30N2O5S2/c1-17-7-6-8-18(13-17)16-41-23-12-11-19(14-24(23)40-2)25-26-21-15-22(29(26)42-31-30(25)43-34(39)35-31)28-27(21)32(37)36(33(28)38)20-9-4-3-5-10-20/h3-14,21-22,25-29H,15-16H2,1-2H3,(H,35,39)/t21?,22?,25-,26?,27?,28?,29?/m1/s1. The summed E-state index contributed by atoms with van der Waals surface area (Å²) in [6.07, 6.45) is 0.849. The Kier molecular flexibility index (Phi) is 6.31. The highest BCUT2D eigenvalue weighted by molar-refractivity contribution is 8.00. The van der Waals surface area contributed by atoms with Crippen LogP contribution in [0.2, 0.25) is 0 Å².